The number of methoxy groups -OCH3 is 1. The number of thiocarbonyl (C=S) groups is 1. The highest BCUT2D eigenvalue weighted by atomic mass is 127. The molecular formula is C11H15IN2OS. The molecule has 1 aromatic rings. The van der Waals surface area contributed by atoms with Crippen LogP contribution in [-0.4, -0.2) is 25.4 Å². The van der Waals surface area contributed by atoms with E-state index in [0.29, 0.717) is 5.11 Å². The van der Waals surface area contributed by atoms with Crippen LogP contribution in [0.25, 0.3) is 0 Å². The first-order chi connectivity index (χ1) is 7.72. The van der Waals surface area contributed by atoms with Gasteiger partial charge in [0.2, 0.25) is 0 Å². The minimum Gasteiger partial charge on any atom is -0.385 e. The van der Waals surface area contributed by atoms with Crippen molar-refractivity contribution in [1.82, 2.24) is 5.32 Å². The van der Waals surface area contributed by atoms with Gasteiger partial charge in [0.1, 0.15) is 0 Å². The first-order valence-corrected chi connectivity index (χ1v) is 6.50. The number of anilines is 1. The van der Waals surface area contributed by atoms with Crippen LogP contribution in [0.3, 0.4) is 0 Å². The van der Waals surface area contributed by atoms with E-state index in [4.69, 9.17) is 17.0 Å². The summed E-state index contributed by atoms with van der Waals surface area (Å²) in [5.74, 6) is 0. The molecular weight excluding hydrogens is 335 g/mol. The lowest BCUT2D eigenvalue weighted by molar-refractivity contribution is 0.196. The molecule has 0 radical (unpaired) electrons. The van der Waals surface area contributed by atoms with Gasteiger partial charge in [-0.3, -0.25) is 0 Å². The Labute approximate surface area is 115 Å². The fourth-order valence-electron chi connectivity index (χ4n) is 1.13. The molecule has 0 unspecified atom stereocenters. The molecule has 0 bridgehead atoms. The maximum Gasteiger partial charge on any atom is 0.170 e. The fourth-order valence-corrected chi connectivity index (χ4v) is 1.71. The summed E-state index contributed by atoms with van der Waals surface area (Å²) in [7, 11) is 1.70. The highest BCUT2D eigenvalue weighted by Crippen LogP contribution is 2.10. The molecule has 1 rings (SSSR count). The van der Waals surface area contributed by atoms with Crippen molar-refractivity contribution in [3.8, 4) is 0 Å². The Morgan fingerprint density at radius 3 is 2.69 bits per heavy atom. The van der Waals surface area contributed by atoms with Gasteiger partial charge in [0.25, 0.3) is 0 Å². The number of rotatable bonds is 5. The van der Waals surface area contributed by atoms with Crippen LogP contribution in [0.15, 0.2) is 24.3 Å². The quantitative estimate of drug-likeness (QED) is 0.486. The molecule has 0 saturated heterocycles. The third-order valence-corrected chi connectivity index (χ3v) is 2.88. The maximum atomic E-state index is 5.15. The first kappa shape index (κ1) is 13.7. The summed E-state index contributed by atoms with van der Waals surface area (Å²) in [6.07, 6.45) is 0.949. The fraction of sp³-hybridized carbons (Fsp3) is 0.364. The smallest absolute Gasteiger partial charge is 0.170 e. The molecule has 0 aromatic heterocycles. The standard InChI is InChI=1S/C11H15IN2OS/c1-15-8-2-7-13-11(16)14-10-5-3-9(12)4-6-10/h3-6H,2,7-8H2,1H3,(H2,13,14,16). The minimum absolute atomic E-state index is 0.650. The summed E-state index contributed by atoms with van der Waals surface area (Å²) < 4.78 is 6.16. The summed E-state index contributed by atoms with van der Waals surface area (Å²) in [6.45, 7) is 1.57. The van der Waals surface area contributed by atoms with Crippen LogP contribution in [0, 0.1) is 3.57 Å². The van der Waals surface area contributed by atoms with Gasteiger partial charge in [-0.1, -0.05) is 0 Å². The van der Waals surface area contributed by atoms with Crippen LogP contribution >= 0.6 is 34.8 Å². The van der Waals surface area contributed by atoms with Crippen LogP contribution in [0.2, 0.25) is 0 Å². The average Bonchev–Trinajstić information content (AvgIpc) is 2.28. The van der Waals surface area contributed by atoms with Crippen LogP contribution < -0.4 is 10.6 Å². The van der Waals surface area contributed by atoms with Crippen molar-refractivity contribution in [1.29, 1.82) is 0 Å². The van der Waals surface area contributed by atoms with E-state index in [2.05, 4.69) is 33.2 Å². The van der Waals surface area contributed by atoms with Gasteiger partial charge < -0.3 is 15.4 Å². The molecule has 0 aliphatic rings. The Hall–Kier alpha value is -0.400. The maximum absolute atomic E-state index is 5.15. The number of nitrogens with one attached hydrogen (secondary N) is 2. The predicted molar refractivity (Wildman–Crippen MR) is 79.9 cm³/mol. The van der Waals surface area contributed by atoms with Crippen LogP contribution in [-0.2, 0) is 4.74 Å². The largest absolute Gasteiger partial charge is 0.385 e. The van der Waals surface area contributed by atoms with Crippen molar-refractivity contribution in [3.05, 3.63) is 27.8 Å². The second-order valence-electron chi connectivity index (χ2n) is 3.23. The van der Waals surface area contributed by atoms with E-state index in [1.54, 1.807) is 7.11 Å². The molecule has 0 spiro atoms. The van der Waals surface area contributed by atoms with Gasteiger partial charge >= 0.3 is 0 Å². The number of benzene rings is 1. The monoisotopic (exact) mass is 350 g/mol. The second kappa shape index (κ2) is 7.81. The van der Waals surface area contributed by atoms with E-state index < -0.39 is 0 Å². The van der Waals surface area contributed by atoms with Crippen LogP contribution in [0.4, 0.5) is 5.69 Å². The van der Waals surface area contributed by atoms with Crippen molar-refractivity contribution in [2.45, 2.75) is 6.42 Å². The van der Waals surface area contributed by atoms with E-state index in [1.165, 1.54) is 3.57 Å². The summed E-state index contributed by atoms with van der Waals surface area (Å²) in [5.41, 5.74) is 1.00. The molecule has 3 nitrogen and oxygen atoms in total. The lowest BCUT2D eigenvalue weighted by atomic mass is 10.3. The number of halogens is 1. The Morgan fingerprint density at radius 2 is 2.06 bits per heavy atom. The van der Waals surface area contributed by atoms with E-state index in [-0.39, 0.29) is 0 Å². The van der Waals surface area contributed by atoms with Crippen molar-refractivity contribution >= 4 is 45.6 Å². The second-order valence-corrected chi connectivity index (χ2v) is 4.89. The summed E-state index contributed by atoms with van der Waals surface area (Å²) in [4.78, 5) is 0. The first-order valence-electron chi connectivity index (χ1n) is 5.01. The molecule has 0 heterocycles. The Morgan fingerprint density at radius 1 is 1.38 bits per heavy atom. The number of hydrogen-bond acceptors (Lipinski definition) is 2. The van der Waals surface area contributed by atoms with Crippen molar-refractivity contribution < 1.29 is 4.74 Å². The van der Waals surface area contributed by atoms with Crippen LogP contribution in [0.1, 0.15) is 6.42 Å². The zero-order chi connectivity index (χ0) is 11.8. The average molecular weight is 350 g/mol. The van der Waals surface area contributed by atoms with Gasteiger partial charge in [0, 0.05) is 29.5 Å². The SMILES string of the molecule is COCCCNC(=S)Nc1ccc(I)cc1. The van der Waals surface area contributed by atoms with Crippen molar-refractivity contribution in [2.24, 2.45) is 0 Å². The Bertz CT molecular complexity index is 329. The third kappa shape index (κ3) is 5.62. The zero-order valence-electron chi connectivity index (χ0n) is 9.13. The molecule has 88 valence electrons. The summed E-state index contributed by atoms with van der Waals surface area (Å²) in [6, 6.07) is 8.09. The van der Waals surface area contributed by atoms with E-state index in [9.17, 15) is 0 Å². The molecule has 5 heteroatoms. The van der Waals surface area contributed by atoms with Crippen molar-refractivity contribution in [3.63, 3.8) is 0 Å². The molecule has 0 atom stereocenters. The minimum atomic E-state index is 0.650. The molecule has 0 aliphatic carbocycles. The van der Waals surface area contributed by atoms with Gasteiger partial charge in [-0.25, -0.2) is 0 Å². The molecule has 2 N–H and O–H groups in total. The topological polar surface area (TPSA) is 33.3 Å². The number of ether oxygens (including phenoxy) is 1. The van der Waals surface area contributed by atoms with Gasteiger partial charge in [0.05, 0.1) is 0 Å². The molecule has 0 fully saturated rings. The predicted octanol–water partition coefficient (Wildman–Crippen LogP) is 2.61. The van der Waals surface area contributed by atoms with Gasteiger partial charge in [-0.05, 0) is 65.5 Å². The van der Waals surface area contributed by atoms with Gasteiger partial charge in [-0.15, -0.1) is 0 Å². The molecule has 0 aliphatic heterocycles. The Balaban J connectivity index is 2.26. The Kier molecular flexibility index (Phi) is 6.67. The summed E-state index contributed by atoms with van der Waals surface area (Å²) in [5, 5.41) is 6.89. The van der Waals surface area contributed by atoms with Gasteiger partial charge in [-0.2, -0.15) is 0 Å². The van der Waals surface area contributed by atoms with Crippen molar-refractivity contribution in [2.75, 3.05) is 25.6 Å². The van der Waals surface area contributed by atoms with E-state index in [0.717, 1.165) is 25.3 Å². The molecule has 16 heavy (non-hydrogen) atoms. The van der Waals surface area contributed by atoms with Gasteiger partial charge in [0.15, 0.2) is 5.11 Å². The molecule has 0 saturated carbocycles. The zero-order valence-corrected chi connectivity index (χ0v) is 12.1. The highest BCUT2D eigenvalue weighted by Gasteiger charge is 1.96. The third-order valence-electron chi connectivity index (χ3n) is 1.91. The normalized spacial score (nSPS) is 9.88. The lowest BCUT2D eigenvalue weighted by Gasteiger charge is -2.10. The summed E-state index contributed by atoms with van der Waals surface area (Å²) >= 11 is 7.43. The van der Waals surface area contributed by atoms with E-state index in [1.807, 2.05) is 24.3 Å². The number of hydrogen-bond donors (Lipinski definition) is 2. The van der Waals surface area contributed by atoms with E-state index >= 15 is 0 Å². The van der Waals surface area contributed by atoms with Crippen LogP contribution in [0.5, 0.6) is 0 Å². The molecule has 1 aromatic carbocycles. The highest BCUT2D eigenvalue weighted by molar-refractivity contribution is 14.1. The lowest BCUT2D eigenvalue weighted by Crippen LogP contribution is -2.29. The molecule has 0 amide bonds.